The molecule has 0 aliphatic rings. The average Bonchev–Trinajstić information content (AvgIpc) is 3.08. The summed E-state index contributed by atoms with van der Waals surface area (Å²) < 4.78 is 9.52. The molecule has 0 aliphatic carbocycles. The molecule has 2 rings (SSSR count). The van der Waals surface area contributed by atoms with Gasteiger partial charge in [0.15, 0.2) is 5.76 Å². The number of nitro benzene ring substituents is 1. The van der Waals surface area contributed by atoms with E-state index >= 15 is 0 Å². The van der Waals surface area contributed by atoms with E-state index in [4.69, 9.17) is 4.42 Å². The van der Waals surface area contributed by atoms with E-state index in [1.165, 1.54) is 42.7 Å². The lowest BCUT2D eigenvalue weighted by atomic mass is 10.1. The first-order chi connectivity index (χ1) is 11.0. The summed E-state index contributed by atoms with van der Waals surface area (Å²) in [6.07, 6.45) is 2.59. The number of carbonyl (C=O) groups excluding carboxylic acids is 2. The van der Waals surface area contributed by atoms with E-state index in [2.05, 4.69) is 10.1 Å². The first-order valence-corrected chi connectivity index (χ1v) is 6.40. The van der Waals surface area contributed by atoms with Gasteiger partial charge in [-0.15, -0.1) is 0 Å². The molecular formula is C15H12N2O6. The molecule has 1 amide bonds. The predicted molar refractivity (Wildman–Crippen MR) is 79.3 cm³/mol. The third-order valence-electron chi connectivity index (χ3n) is 2.79. The molecule has 0 bridgehead atoms. The fraction of sp³-hybridized carbons (Fsp3) is 0.0667. The van der Waals surface area contributed by atoms with Gasteiger partial charge in [-0.25, -0.2) is 4.79 Å². The fourth-order valence-electron chi connectivity index (χ4n) is 1.74. The summed E-state index contributed by atoms with van der Waals surface area (Å²) in [5.41, 5.74) is 0.0501. The molecule has 0 unspecified atom stereocenters. The maximum Gasteiger partial charge on any atom is 0.354 e. The lowest BCUT2D eigenvalue weighted by Crippen LogP contribution is -2.27. The average molecular weight is 316 g/mol. The van der Waals surface area contributed by atoms with Crippen LogP contribution in [0, 0.1) is 10.1 Å². The van der Waals surface area contributed by atoms with Crippen LogP contribution in [0.25, 0.3) is 6.08 Å². The number of carbonyl (C=O) groups is 2. The Morgan fingerprint density at radius 3 is 2.70 bits per heavy atom. The Bertz CT molecular complexity index is 764. The summed E-state index contributed by atoms with van der Waals surface area (Å²) in [5.74, 6) is -1.42. The van der Waals surface area contributed by atoms with Crippen LogP contribution in [0.2, 0.25) is 0 Å². The number of benzene rings is 1. The van der Waals surface area contributed by atoms with Gasteiger partial charge in [0.25, 0.3) is 11.6 Å². The highest BCUT2D eigenvalue weighted by Crippen LogP contribution is 2.16. The van der Waals surface area contributed by atoms with E-state index < -0.39 is 16.8 Å². The number of non-ortho nitro benzene ring substituents is 1. The molecule has 118 valence electrons. The van der Waals surface area contributed by atoms with Crippen molar-refractivity contribution in [2.75, 3.05) is 7.11 Å². The van der Waals surface area contributed by atoms with Crippen molar-refractivity contribution in [1.82, 2.24) is 5.32 Å². The zero-order valence-electron chi connectivity index (χ0n) is 12.0. The summed E-state index contributed by atoms with van der Waals surface area (Å²) in [5, 5.41) is 13.1. The van der Waals surface area contributed by atoms with Crippen molar-refractivity contribution >= 4 is 23.6 Å². The van der Waals surface area contributed by atoms with Crippen molar-refractivity contribution in [2.45, 2.75) is 0 Å². The smallest absolute Gasteiger partial charge is 0.354 e. The maximum atomic E-state index is 11.9. The highest BCUT2D eigenvalue weighted by atomic mass is 16.6. The number of methoxy groups -OCH3 is 1. The zero-order chi connectivity index (χ0) is 16.8. The predicted octanol–water partition coefficient (Wildman–Crippen LogP) is 2.13. The van der Waals surface area contributed by atoms with Gasteiger partial charge in [-0.2, -0.15) is 0 Å². The van der Waals surface area contributed by atoms with E-state index in [1.54, 1.807) is 6.07 Å². The van der Waals surface area contributed by atoms with Gasteiger partial charge < -0.3 is 14.5 Å². The lowest BCUT2D eigenvalue weighted by molar-refractivity contribution is -0.384. The Morgan fingerprint density at radius 1 is 1.30 bits per heavy atom. The van der Waals surface area contributed by atoms with Gasteiger partial charge in [0.2, 0.25) is 0 Å². The molecule has 0 saturated carbocycles. The molecule has 0 fully saturated rings. The molecule has 0 aliphatic heterocycles. The third kappa shape index (κ3) is 4.03. The third-order valence-corrected chi connectivity index (χ3v) is 2.79. The van der Waals surface area contributed by atoms with Gasteiger partial charge in [0, 0.05) is 12.1 Å². The largest absolute Gasteiger partial charge is 0.464 e. The van der Waals surface area contributed by atoms with E-state index in [0.29, 0.717) is 5.56 Å². The summed E-state index contributed by atoms with van der Waals surface area (Å²) >= 11 is 0. The van der Waals surface area contributed by atoms with E-state index in [-0.39, 0.29) is 17.1 Å². The highest BCUT2D eigenvalue weighted by Gasteiger charge is 2.17. The number of hydrogen-bond donors (Lipinski definition) is 1. The van der Waals surface area contributed by atoms with E-state index in [9.17, 15) is 19.7 Å². The van der Waals surface area contributed by atoms with Crippen LogP contribution in [0.4, 0.5) is 5.69 Å². The molecule has 1 aromatic heterocycles. The number of nitrogens with one attached hydrogen (secondary N) is 1. The Morgan fingerprint density at radius 2 is 2.09 bits per heavy atom. The SMILES string of the molecule is COC(=O)C(=Cc1cccc([N+](=O)[O-])c1)NC(=O)c1ccco1. The van der Waals surface area contributed by atoms with Gasteiger partial charge in [-0.3, -0.25) is 14.9 Å². The number of amides is 1. The standard InChI is InChI=1S/C15H12N2O6/c1-22-15(19)12(16-14(18)13-6-3-7-23-13)9-10-4-2-5-11(8-10)17(20)21/h2-9H,1H3,(H,16,18). The lowest BCUT2D eigenvalue weighted by Gasteiger charge is -2.07. The minimum absolute atomic E-state index is 0.0128. The first-order valence-electron chi connectivity index (χ1n) is 6.40. The minimum atomic E-state index is -0.795. The summed E-state index contributed by atoms with van der Waals surface area (Å²) in [6, 6.07) is 8.55. The van der Waals surface area contributed by atoms with Gasteiger partial charge in [0.05, 0.1) is 18.3 Å². The Kier molecular flexibility index (Phi) is 4.88. The maximum absolute atomic E-state index is 11.9. The van der Waals surface area contributed by atoms with Crippen molar-refractivity contribution in [1.29, 1.82) is 0 Å². The second kappa shape index (κ2) is 7.03. The number of furan rings is 1. The van der Waals surface area contributed by atoms with Crippen LogP contribution >= 0.6 is 0 Å². The van der Waals surface area contributed by atoms with Gasteiger partial charge in [0.1, 0.15) is 5.70 Å². The van der Waals surface area contributed by atoms with Crippen LogP contribution in [0.1, 0.15) is 16.1 Å². The molecular weight excluding hydrogens is 304 g/mol. The van der Waals surface area contributed by atoms with Crippen molar-refractivity contribution in [2.24, 2.45) is 0 Å². The second-order valence-electron chi connectivity index (χ2n) is 4.33. The molecule has 8 heteroatoms. The fourth-order valence-corrected chi connectivity index (χ4v) is 1.74. The Labute approximate surface area is 130 Å². The molecule has 1 heterocycles. The van der Waals surface area contributed by atoms with Crippen LogP contribution in [-0.2, 0) is 9.53 Å². The van der Waals surface area contributed by atoms with Crippen LogP contribution < -0.4 is 5.32 Å². The number of nitro groups is 1. The number of ether oxygens (including phenoxy) is 1. The van der Waals surface area contributed by atoms with Gasteiger partial charge in [-0.05, 0) is 23.8 Å². The molecule has 1 aromatic carbocycles. The number of esters is 1. The highest BCUT2D eigenvalue weighted by molar-refractivity contribution is 6.02. The van der Waals surface area contributed by atoms with Crippen molar-refractivity contribution in [3.8, 4) is 0 Å². The van der Waals surface area contributed by atoms with E-state index in [1.807, 2.05) is 0 Å². The molecule has 2 aromatic rings. The quantitative estimate of drug-likeness (QED) is 0.391. The number of hydrogen-bond acceptors (Lipinski definition) is 6. The molecule has 0 atom stereocenters. The summed E-state index contributed by atoms with van der Waals surface area (Å²) in [6.45, 7) is 0. The Hall–Kier alpha value is -3.42. The summed E-state index contributed by atoms with van der Waals surface area (Å²) in [4.78, 5) is 33.9. The van der Waals surface area contributed by atoms with Gasteiger partial charge >= 0.3 is 5.97 Å². The monoisotopic (exact) mass is 316 g/mol. The minimum Gasteiger partial charge on any atom is -0.464 e. The first kappa shape index (κ1) is 16.0. The van der Waals surface area contributed by atoms with E-state index in [0.717, 1.165) is 7.11 Å². The van der Waals surface area contributed by atoms with Crippen LogP contribution in [0.5, 0.6) is 0 Å². The van der Waals surface area contributed by atoms with Crippen molar-refractivity contribution in [3.05, 3.63) is 69.8 Å². The molecule has 1 N–H and O–H groups in total. The summed E-state index contributed by atoms with van der Waals surface area (Å²) in [7, 11) is 1.16. The van der Waals surface area contributed by atoms with Gasteiger partial charge in [-0.1, -0.05) is 12.1 Å². The van der Waals surface area contributed by atoms with Crippen LogP contribution in [0.15, 0.2) is 52.8 Å². The van der Waals surface area contributed by atoms with Crippen LogP contribution in [-0.4, -0.2) is 23.9 Å². The normalized spacial score (nSPS) is 10.9. The molecule has 23 heavy (non-hydrogen) atoms. The molecule has 0 saturated heterocycles. The Balaban J connectivity index is 2.31. The number of nitrogens with zero attached hydrogens (tertiary/aromatic N) is 1. The van der Waals surface area contributed by atoms with Crippen molar-refractivity contribution in [3.63, 3.8) is 0 Å². The van der Waals surface area contributed by atoms with Crippen LogP contribution in [0.3, 0.4) is 0 Å². The van der Waals surface area contributed by atoms with Crippen molar-refractivity contribution < 1.29 is 23.7 Å². The molecule has 0 radical (unpaired) electrons. The number of rotatable bonds is 5. The zero-order valence-corrected chi connectivity index (χ0v) is 12.0. The second-order valence-corrected chi connectivity index (χ2v) is 4.33. The topological polar surface area (TPSA) is 112 Å². The molecule has 8 nitrogen and oxygen atoms in total. The molecule has 0 spiro atoms.